The fourth-order valence-corrected chi connectivity index (χ4v) is 4.12. The smallest absolute Gasteiger partial charge is 0.335 e. The Hall–Kier alpha value is -2.10. The van der Waals surface area contributed by atoms with Gasteiger partial charge in [-0.3, -0.25) is 4.98 Å². The number of piperidine rings is 1. The van der Waals surface area contributed by atoms with Crippen LogP contribution in [-0.2, 0) is 12.8 Å². The lowest BCUT2D eigenvalue weighted by molar-refractivity contribution is 0.0697. The van der Waals surface area contributed by atoms with Crippen LogP contribution in [0.1, 0.15) is 47.8 Å². The first-order valence-corrected chi connectivity index (χ1v) is 8.57. The van der Waals surface area contributed by atoms with Crippen LogP contribution < -0.4 is 4.90 Å². The SMILES string of the molecule is C[C@H]1CCCN(c2c3c(nc4ccc(C(=O)O)cc24)CCC3)C1. The van der Waals surface area contributed by atoms with Gasteiger partial charge < -0.3 is 10.0 Å². The second kappa shape index (κ2) is 5.52. The topological polar surface area (TPSA) is 53.4 Å². The Morgan fingerprint density at radius 3 is 2.96 bits per heavy atom. The van der Waals surface area contributed by atoms with E-state index < -0.39 is 5.97 Å². The van der Waals surface area contributed by atoms with Crippen LogP contribution >= 0.6 is 0 Å². The lowest BCUT2D eigenvalue weighted by Gasteiger charge is -2.35. The van der Waals surface area contributed by atoms with Crippen molar-refractivity contribution in [1.29, 1.82) is 0 Å². The summed E-state index contributed by atoms with van der Waals surface area (Å²) in [4.78, 5) is 18.7. The molecule has 1 saturated heterocycles. The number of rotatable bonds is 2. The highest BCUT2D eigenvalue weighted by Gasteiger charge is 2.26. The highest BCUT2D eigenvalue weighted by molar-refractivity contribution is 5.99. The summed E-state index contributed by atoms with van der Waals surface area (Å²) in [5, 5.41) is 10.4. The molecule has 1 aliphatic heterocycles. The van der Waals surface area contributed by atoms with Crippen LogP contribution in [0.5, 0.6) is 0 Å². The van der Waals surface area contributed by atoms with Gasteiger partial charge in [0.25, 0.3) is 0 Å². The van der Waals surface area contributed by atoms with E-state index in [0.717, 1.165) is 43.3 Å². The molecule has 0 saturated carbocycles. The summed E-state index contributed by atoms with van der Waals surface area (Å²) >= 11 is 0. The zero-order chi connectivity index (χ0) is 16.0. The van der Waals surface area contributed by atoms with Crippen molar-refractivity contribution in [3.63, 3.8) is 0 Å². The molecule has 4 heteroatoms. The minimum atomic E-state index is -0.870. The maximum Gasteiger partial charge on any atom is 0.335 e. The number of carboxylic acids is 1. The van der Waals surface area contributed by atoms with E-state index in [0.29, 0.717) is 11.5 Å². The number of aromatic nitrogens is 1. The molecule has 1 fully saturated rings. The molecule has 4 rings (SSSR count). The van der Waals surface area contributed by atoms with Gasteiger partial charge in [-0.1, -0.05) is 6.92 Å². The molecule has 4 nitrogen and oxygen atoms in total. The Morgan fingerprint density at radius 1 is 1.30 bits per heavy atom. The van der Waals surface area contributed by atoms with E-state index in [9.17, 15) is 9.90 Å². The summed E-state index contributed by atoms with van der Waals surface area (Å²) in [5.41, 5.74) is 5.12. The van der Waals surface area contributed by atoms with Crippen LogP contribution in [0.3, 0.4) is 0 Å². The zero-order valence-corrected chi connectivity index (χ0v) is 13.5. The molecule has 120 valence electrons. The third-order valence-electron chi connectivity index (χ3n) is 5.20. The molecule has 1 aliphatic carbocycles. The van der Waals surface area contributed by atoms with Gasteiger partial charge in [0.05, 0.1) is 16.8 Å². The molecule has 0 bridgehead atoms. The second-order valence-corrected chi connectivity index (χ2v) is 6.97. The average Bonchev–Trinajstić information content (AvgIpc) is 2.99. The monoisotopic (exact) mass is 310 g/mol. The molecule has 0 radical (unpaired) electrons. The summed E-state index contributed by atoms with van der Waals surface area (Å²) in [6.45, 7) is 4.43. The molecular formula is C19H22N2O2. The predicted molar refractivity (Wildman–Crippen MR) is 91.3 cm³/mol. The number of anilines is 1. The van der Waals surface area contributed by atoms with E-state index in [2.05, 4.69) is 11.8 Å². The Labute approximate surface area is 136 Å². The standard InChI is InChI=1S/C19H22N2O2/c1-12-4-3-9-21(11-12)18-14-5-2-6-16(14)20-17-8-7-13(19(22)23)10-15(17)18/h7-8,10,12H,2-6,9,11H2,1H3,(H,22,23)/t12-/m0/s1. The van der Waals surface area contributed by atoms with Crippen molar-refractivity contribution < 1.29 is 9.90 Å². The van der Waals surface area contributed by atoms with Gasteiger partial charge in [0.1, 0.15) is 0 Å². The van der Waals surface area contributed by atoms with Gasteiger partial charge in [0, 0.05) is 24.2 Å². The van der Waals surface area contributed by atoms with Crippen LogP contribution in [0.4, 0.5) is 5.69 Å². The van der Waals surface area contributed by atoms with Gasteiger partial charge in [-0.15, -0.1) is 0 Å². The minimum Gasteiger partial charge on any atom is -0.478 e. The Balaban J connectivity index is 1.94. The third kappa shape index (κ3) is 2.46. The van der Waals surface area contributed by atoms with Crippen LogP contribution in [0.15, 0.2) is 18.2 Å². The number of pyridine rings is 1. The highest BCUT2D eigenvalue weighted by Crippen LogP contribution is 2.38. The number of hydrogen-bond acceptors (Lipinski definition) is 3. The van der Waals surface area contributed by atoms with Crippen LogP contribution in [0.25, 0.3) is 10.9 Å². The minimum absolute atomic E-state index is 0.351. The molecule has 2 heterocycles. The fourth-order valence-electron chi connectivity index (χ4n) is 4.12. The van der Waals surface area contributed by atoms with Crippen molar-refractivity contribution in [2.75, 3.05) is 18.0 Å². The average molecular weight is 310 g/mol. The van der Waals surface area contributed by atoms with E-state index in [1.807, 2.05) is 12.1 Å². The maximum atomic E-state index is 11.4. The molecule has 1 N–H and O–H groups in total. The second-order valence-electron chi connectivity index (χ2n) is 6.97. The lowest BCUT2D eigenvalue weighted by Crippen LogP contribution is -2.35. The van der Waals surface area contributed by atoms with Crippen LogP contribution in [0.2, 0.25) is 0 Å². The lowest BCUT2D eigenvalue weighted by atomic mass is 9.97. The van der Waals surface area contributed by atoms with Crippen molar-refractivity contribution in [1.82, 2.24) is 4.98 Å². The van der Waals surface area contributed by atoms with Gasteiger partial charge >= 0.3 is 5.97 Å². The molecule has 2 aromatic rings. The largest absolute Gasteiger partial charge is 0.478 e. The van der Waals surface area contributed by atoms with Crippen LogP contribution in [0, 0.1) is 5.92 Å². The van der Waals surface area contributed by atoms with E-state index in [1.165, 1.54) is 29.8 Å². The van der Waals surface area contributed by atoms with Crippen molar-refractivity contribution in [3.8, 4) is 0 Å². The first kappa shape index (κ1) is 14.5. The Kier molecular flexibility index (Phi) is 3.47. The van der Waals surface area contributed by atoms with Gasteiger partial charge in [-0.2, -0.15) is 0 Å². The van der Waals surface area contributed by atoms with E-state index in [4.69, 9.17) is 4.98 Å². The van der Waals surface area contributed by atoms with Crippen molar-refractivity contribution in [3.05, 3.63) is 35.0 Å². The maximum absolute atomic E-state index is 11.4. The van der Waals surface area contributed by atoms with Gasteiger partial charge in [-0.05, 0) is 61.8 Å². The summed E-state index contributed by atoms with van der Waals surface area (Å²) in [6.07, 6.45) is 5.75. The number of aryl methyl sites for hydroxylation is 1. The first-order valence-electron chi connectivity index (χ1n) is 8.57. The van der Waals surface area contributed by atoms with Gasteiger partial charge in [0.2, 0.25) is 0 Å². The fraction of sp³-hybridized carbons (Fsp3) is 0.474. The van der Waals surface area contributed by atoms with E-state index in [-0.39, 0.29) is 0 Å². The summed E-state index contributed by atoms with van der Waals surface area (Å²) in [5.74, 6) is -0.183. The summed E-state index contributed by atoms with van der Waals surface area (Å²) in [7, 11) is 0. The number of nitrogens with zero attached hydrogens (tertiary/aromatic N) is 2. The normalized spacial score (nSPS) is 20.7. The van der Waals surface area contributed by atoms with Gasteiger partial charge in [-0.25, -0.2) is 4.79 Å². The number of aromatic carboxylic acids is 1. The molecular weight excluding hydrogens is 288 g/mol. The number of fused-ring (bicyclic) bond motifs is 2. The number of carbonyl (C=O) groups is 1. The quantitative estimate of drug-likeness (QED) is 0.920. The molecule has 2 aliphatic rings. The first-order chi connectivity index (χ1) is 11.1. The van der Waals surface area contributed by atoms with Crippen LogP contribution in [-0.4, -0.2) is 29.1 Å². The van der Waals surface area contributed by atoms with Crippen molar-refractivity contribution in [2.24, 2.45) is 5.92 Å². The number of carboxylic acid groups (broad SMARTS) is 1. The number of hydrogen-bond donors (Lipinski definition) is 1. The Morgan fingerprint density at radius 2 is 2.17 bits per heavy atom. The summed E-state index contributed by atoms with van der Waals surface area (Å²) in [6, 6.07) is 5.35. The summed E-state index contributed by atoms with van der Waals surface area (Å²) < 4.78 is 0. The molecule has 0 amide bonds. The van der Waals surface area contributed by atoms with Crippen molar-refractivity contribution >= 4 is 22.6 Å². The molecule has 23 heavy (non-hydrogen) atoms. The molecule has 0 unspecified atom stereocenters. The van der Waals surface area contributed by atoms with Crippen molar-refractivity contribution in [2.45, 2.75) is 39.0 Å². The van der Waals surface area contributed by atoms with E-state index >= 15 is 0 Å². The zero-order valence-electron chi connectivity index (χ0n) is 13.5. The van der Waals surface area contributed by atoms with E-state index in [1.54, 1.807) is 6.07 Å². The third-order valence-corrected chi connectivity index (χ3v) is 5.20. The molecule has 1 aromatic heterocycles. The highest BCUT2D eigenvalue weighted by atomic mass is 16.4. The van der Waals surface area contributed by atoms with Gasteiger partial charge in [0.15, 0.2) is 0 Å². The molecule has 0 spiro atoms. The Bertz CT molecular complexity index is 785. The molecule has 1 aromatic carbocycles. The molecule has 1 atom stereocenters. The number of benzene rings is 1. The predicted octanol–water partition coefficient (Wildman–Crippen LogP) is 3.66.